The van der Waals surface area contributed by atoms with Crippen LogP contribution in [0.5, 0.6) is 0 Å². The van der Waals surface area contributed by atoms with Crippen molar-refractivity contribution in [2.75, 3.05) is 6.79 Å². The van der Waals surface area contributed by atoms with Crippen molar-refractivity contribution in [1.82, 2.24) is 4.90 Å². The molecule has 2 heterocycles. The Hall–Kier alpha value is -3.43. The summed E-state index contributed by atoms with van der Waals surface area (Å²) in [5.41, 5.74) is 0.00000153. The maximum absolute atomic E-state index is 12.8. The van der Waals surface area contributed by atoms with E-state index in [9.17, 15) is 24.0 Å². The molecule has 0 bridgehead atoms. The third-order valence-corrected chi connectivity index (χ3v) is 5.93. The Kier molecular flexibility index (Phi) is 7.28. The number of β-lactam (4-membered cyclic amide) rings is 1. The van der Waals surface area contributed by atoms with Gasteiger partial charge < -0.3 is 23.8 Å². The van der Waals surface area contributed by atoms with Crippen molar-refractivity contribution in [3.05, 3.63) is 35.9 Å². The lowest BCUT2D eigenvalue weighted by Crippen LogP contribution is -2.66. The lowest BCUT2D eigenvalue weighted by Gasteiger charge is -2.45. The molecule has 3 unspecified atom stereocenters. The molecule has 184 valence electrons. The number of carbonyl (C=O) groups is 5. The molecule has 0 aromatic heterocycles. The van der Waals surface area contributed by atoms with Gasteiger partial charge >= 0.3 is 18.1 Å². The van der Waals surface area contributed by atoms with E-state index in [4.69, 9.17) is 18.9 Å². The zero-order valence-corrected chi connectivity index (χ0v) is 19.8. The Bertz CT molecular complexity index is 968. The number of hydrogen-bond acceptors (Lipinski definition) is 9. The van der Waals surface area contributed by atoms with Crippen molar-refractivity contribution in [1.29, 1.82) is 0 Å². The summed E-state index contributed by atoms with van der Waals surface area (Å²) >= 11 is 0. The van der Waals surface area contributed by atoms with E-state index >= 15 is 0 Å². The molecule has 2 fully saturated rings. The van der Waals surface area contributed by atoms with Gasteiger partial charge in [0.2, 0.25) is 12.7 Å². The molecule has 0 spiro atoms. The number of Topliss-reactive ketones (excluding diaryl/α,β-unsaturated/α-hetero) is 1. The third-order valence-electron chi connectivity index (χ3n) is 5.93. The SMILES string of the molecule is CC1C(=O)[C@@H]2[C@@H](C(C)OC(=O)OCc3ccccc3)C(=O)N2C1C(=O)OCOC(=O)C(C)(C)C. The average Bonchev–Trinajstić information content (AvgIpc) is 2.99. The van der Waals surface area contributed by atoms with Gasteiger partial charge in [-0.3, -0.25) is 14.4 Å². The Balaban J connectivity index is 1.55. The quantitative estimate of drug-likeness (QED) is 0.331. The highest BCUT2D eigenvalue weighted by molar-refractivity contribution is 6.08. The Labute approximate surface area is 197 Å². The first kappa shape index (κ1) is 25.2. The minimum Gasteiger partial charge on any atom is -0.430 e. The Morgan fingerprint density at radius 2 is 1.68 bits per heavy atom. The summed E-state index contributed by atoms with van der Waals surface area (Å²) in [6, 6.07) is 6.96. The first-order valence-electron chi connectivity index (χ1n) is 11.0. The summed E-state index contributed by atoms with van der Waals surface area (Å²) in [7, 11) is 0. The smallest absolute Gasteiger partial charge is 0.430 e. The molecule has 0 saturated carbocycles. The van der Waals surface area contributed by atoms with Crippen LogP contribution >= 0.6 is 0 Å². The molecule has 3 rings (SSSR count). The topological polar surface area (TPSA) is 126 Å². The van der Waals surface area contributed by atoms with Crippen LogP contribution in [-0.4, -0.2) is 59.7 Å². The van der Waals surface area contributed by atoms with E-state index < -0.39 is 66.2 Å². The molecule has 2 aliphatic rings. The van der Waals surface area contributed by atoms with Crippen LogP contribution in [0.15, 0.2) is 30.3 Å². The van der Waals surface area contributed by atoms with Gasteiger partial charge in [0.25, 0.3) is 0 Å². The van der Waals surface area contributed by atoms with Gasteiger partial charge in [-0.05, 0) is 33.3 Å². The zero-order valence-electron chi connectivity index (χ0n) is 19.8. The van der Waals surface area contributed by atoms with Gasteiger partial charge in [0.05, 0.1) is 5.41 Å². The summed E-state index contributed by atoms with van der Waals surface area (Å²) in [6.07, 6.45) is -1.89. The number of benzene rings is 1. The van der Waals surface area contributed by atoms with E-state index in [2.05, 4.69) is 0 Å². The number of ketones is 1. The highest BCUT2D eigenvalue weighted by Crippen LogP contribution is 2.43. The average molecular weight is 475 g/mol. The van der Waals surface area contributed by atoms with Crippen LogP contribution in [0.1, 0.15) is 40.2 Å². The molecule has 0 N–H and O–H groups in total. The highest BCUT2D eigenvalue weighted by Gasteiger charge is 2.65. The summed E-state index contributed by atoms with van der Waals surface area (Å²) in [6.45, 7) is 7.37. The van der Waals surface area contributed by atoms with Gasteiger partial charge in [0, 0.05) is 5.92 Å². The molecular weight excluding hydrogens is 446 g/mol. The van der Waals surface area contributed by atoms with Gasteiger partial charge in [-0.15, -0.1) is 0 Å². The fourth-order valence-corrected chi connectivity index (χ4v) is 4.02. The van der Waals surface area contributed by atoms with Crippen molar-refractivity contribution in [3.8, 4) is 0 Å². The van der Waals surface area contributed by atoms with Crippen LogP contribution in [-0.2, 0) is 44.7 Å². The van der Waals surface area contributed by atoms with Gasteiger partial charge in [0.15, 0.2) is 5.78 Å². The largest absolute Gasteiger partial charge is 0.508 e. The fraction of sp³-hybridized carbons (Fsp3) is 0.542. The number of fused-ring (bicyclic) bond motifs is 1. The Morgan fingerprint density at radius 1 is 1.03 bits per heavy atom. The van der Waals surface area contributed by atoms with Crippen molar-refractivity contribution in [2.24, 2.45) is 17.3 Å². The first-order valence-corrected chi connectivity index (χ1v) is 11.0. The van der Waals surface area contributed by atoms with Gasteiger partial charge in [-0.25, -0.2) is 9.59 Å². The van der Waals surface area contributed by atoms with E-state index in [-0.39, 0.29) is 12.4 Å². The number of hydrogen-bond donors (Lipinski definition) is 0. The molecule has 0 aliphatic carbocycles. The first-order chi connectivity index (χ1) is 15.9. The molecule has 2 aliphatic heterocycles. The second-order valence-corrected chi connectivity index (χ2v) is 9.46. The van der Waals surface area contributed by atoms with Crippen LogP contribution in [0.4, 0.5) is 4.79 Å². The summed E-state index contributed by atoms with van der Waals surface area (Å²) in [5.74, 6) is -3.96. The maximum Gasteiger partial charge on any atom is 0.508 e. The Morgan fingerprint density at radius 3 is 2.29 bits per heavy atom. The van der Waals surface area contributed by atoms with Gasteiger partial charge in [-0.2, -0.15) is 0 Å². The van der Waals surface area contributed by atoms with Gasteiger partial charge in [-0.1, -0.05) is 37.3 Å². The summed E-state index contributed by atoms with van der Waals surface area (Å²) < 4.78 is 20.2. The van der Waals surface area contributed by atoms with Gasteiger partial charge in [0.1, 0.15) is 30.7 Å². The second kappa shape index (κ2) is 9.82. The molecule has 2 saturated heterocycles. The number of ether oxygens (including phenoxy) is 4. The molecule has 1 amide bonds. The predicted octanol–water partition coefficient (Wildman–Crippen LogP) is 2.23. The van der Waals surface area contributed by atoms with E-state index in [1.807, 2.05) is 6.07 Å². The highest BCUT2D eigenvalue weighted by atomic mass is 16.7. The standard InChI is InChI=1S/C24H29NO9/c1-13-17(21(28)32-12-33-22(29)24(3,4)5)25-18(19(13)26)16(20(25)27)14(2)34-23(30)31-11-15-9-7-6-8-10-15/h6-10,13-14,16-18H,11-12H2,1-5H3/t13?,14?,16-,17?,18+/m1/s1. The third kappa shape index (κ3) is 5.05. The van der Waals surface area contributed by atoms with Crippen LogP contribution in [0, 0.1) is 17.3 Å². The molecule has 10 heteroatoms. The van der Waals surface area contributed by atoms with E-state index in [0.717, 1.165) is 10.5 Å². The second-order valence-electron chi connectivity index (χ2n) is 9.46. The van der Waals surface area contributed by atoms with Crippen molar-refractivity contribution < 1.29 is 42.9 Å². The summed E-state index contributed by atoms with van der Waals surface area (Å²) in [5, 5.41) is 0. The number of nitrogens with zero attached hydrogens (tertiary/aromatic N) is 1. The number of rotatable bonds is 7. The fourth-order valence-electron chi connectivity index (χ4n) is 4.02. The van der Waals surface area contributed by atoms with Crippen LogP contribution < -0.4 is 0 Å². The van der Waals surface area contributed by atoms with Crippen LogP contribution in [0.25, 0.3) is 0 Å². The number of carbonyl (C=O) groups excluding carboxylic acids is 5. The van der Waals surface area contributed by atoms with Crippen molar-refractivity contribution in [3.63, 3.8) is 0 Å². The monoisotopic (exact) mass is 475 g/mol. The lowest BCUT2D eigenvalue weighted by molar-refractivity contribution is -0.183. The van der Waals surface area contributed by atoms with Crippen LogP contribution in [0.2, 0.25) is 0 Å². The molecule has 1 aromatic carbocycles. The number of esters is 2. The van der Waals surface area contributed by atoms with E-state index in [1.165, 1.54) is 13.8 Å². The van der Waals surface area contributed by atoms with E-state index in [0.29, 0.717) is 0 Å². The molecular formula is C24H29NO9. The van der Waals surface area contributed by atoms with Crippen molar-refractivity contribution >= 4 is 29.8 Å². The zero-order chi connectivity index (χ0) is 25.2. The van der Waals surface area contributed by atoms with E-state index in [1.54, 1.807) is 45.0 Å². The minimum atomic E-state index is -1.13. The molecule has 0 radical (unpaired) electrons. The lowest BCUT2D eigenvalue weighted by atomic mass is 9.82. The van der Waals surface area contributed by atoms with Crippen molar-refractivity contribution in [2.45, 2.75) is 59.4 Å². The maximum atomic E-state index is 12.8. The molecule has 1 aromatic rings. The number of amides is 1. The molecule has 5 atom stereocenters. The minimum absolute atomic E-state index is 0.00419. The molecule has 10 nitrogen and oxygen atoms in total. The normalized spacial score (nSPS) is 24.6. The van der Waals surface area contributed by atoms with Crippen LogP contribution in [0.3, 0.4) is 0 Å². The molecule has 34 heavy (non-hydrogen) atoms. The predicted molar refractivity (Wildman–Crippen MR) is 116 cm³/mol. The summed E-state index contributed by atoms with van der Waals surface area (Å²) in [4.78, 5) is 63.2.